The van der Waals surface area contributed by atoms with Crippen LogP contribution in [0.15, 0.2) is 18.2 Å². The van der Waals surface area contributed by atoms with Crippen molar-refractivity contribution in [1.82, 2.24) is 10.2 Å². The van der Waals surface area contributed by atoms with Gasteiger partial charge in [-0.15, -0.1) is 0 Å². The topological polar surface area (TPSA) is 75.5 Å². The summed E-state index contributed by atoms with van der Waals surface area (Å²) in [5, 5.41) is 13.6. The highest BCUT2D eigenvalue weighted by Gasteiger charge is 2.14. The van der Waals surface area contributed by atoms with E-state index in [-0.39, 0.29) is 30.1 Å². The summed E-state index contributed by atoms with van der Waals surface area (Å²) in [6.45, 7) is 0.527. The molecular weight excluding hydrogens is 253 g/mol. The first-order chi connectivity index (χ1) is 8.91. The molecule has 0 aliphatic heterocycles. The van der Waals surface area contributed by atoms with E-state index in [1.54, 1.807) is 14.1 Å². The first-order valence-electron chi connectivity index (χ1n) is 5.75. The van der Waals surface area contributed by atoms with E-state index in [0.717, 1.165) is 18.2 Å². The average molecular weight is 269 g/mol. The lowest BCUT2D eigenvalue weighted by Crippen LogP contribution is -2.26. The van der Waals surface area contributed by atoms with Gasteiger partial charge >= 0.3 is 0 Å². The van der Waals surface area contributed by atoms with Crippen molar-refractivity contribution in [3.8, 4) is 0 Å². The maximum absolute atomic E-state index is 13.0. The number of hydrogen-bond acceptors (Lipinski definition) is 4. The van der Waals surface area contributed by atoms with Crippen LogP contribution in [0.1, 0.15) is 12.0 Å². The van der Waals surface area contributed by atoms with Crippen LogP contribution in [0.3, 0.4) is 0 Å². The number of rotatable bonds is 6. The highest BCUT2D eigenvalue weighted by Crippen LogP contribution is 2.19. The van der Waals surface area contributed by atoms with Gasteiger partial charge in [-0.05, 0) is 12.1 Å². The smallest absolute Gasteiger partial charge is 0.274 e. The van der Waals surface area contributed by atoms with E-state index in [9.17, 15) is 19.3 Å². The van der Waals surface area contributed by atoms with Crippen molar-refractivity contribution in [1.29, 1.82) is 0 Å². The maximum atomic E-state index is 13.0. The quantitative estimate of drug-likeness (QED) is 0.480. The minimum Gasteiger partial charge on any atom is -0.349 e. The van der Waals surface area contributed by atoms with Crippen LogP contribution in [0.4, 0.5) is 10.1 Å². The first-order valence-corrected chi connectivity index (χ1v) is 5.75. The number of carbonyl (C=O) groups excluding carboxylic acids is 1. The zero-order valence-electron chi connectivity index (χ0n) is 10.9. The predicted molar refractivity (Wildman–Crippen MR) is 68.1 cm³/mol. The molecule has 104 valence electrons. The Morgan fingerprint density at radius 1 is 1.47 bits per heavy atom. The van der Waals surface area contributed by atoms with Crippen molar-refractivity contribution in [2.24, 2.45) is 0 Å². The number of amides is 1. The minimum absolute atomic E-state index is 0.0405. The van der Waals surface area contributed by atoms with E-state index in [0.29, 0.717) is 6.54 Å². The van der Waals surface area contributed by atoms with E-state index in [2.05, 4.69) is 5.32 Å². The van der Waals surface area contributed by atoms with Gasteiger partial charge in [-0.1, -0.05) is 0 Å². The molecule has 1 amide bonds. The summed E-state index contributed by atoms with van der Waals surface area (Å²) in [5.41, 5.74) is 0.134. The third kappa shape index (κ3) is 4.63. The monoisotopic (exact) mass is 269 g/mol. The van der Waals surface area contributed by atoms with E-state index in [4.69, 9.17) is 0 Å². The lowest BCUT2D eigenvalue weighted by atomic mass is 10.1. The molecule has 1 aromatic carbocycles. The number of benzene rings is 1. The molecule has 0 saturated heterocycles. The highest BCUT2D eigenvalue weighted by molar-refractivity contribution is 5.75. The summed E-state index contributed by atoms with van der Waals surface area (Å²) in [7, 11) is 3.31. The number of carbonyl (C=O) groups is 1. The Morgan fingerprint density at radius 3 is 2.74 bits per heavy atom. The van der Waals surface area contributed by atoms with Crippen LogP contribution >= 0.6 is 0 Å². The van der Waals surface area contributed by atoms with Crippen LogP contribution in [0, 0.1) is 15.9 Å². The molecule has 0 radical (unpaired) electrons. The fourth-order valence-corrected chi connectivity index (χ4v) is 1.52. The predicted octanol–water partition coefficient (Wildman–Crippen LogP) is 1.30. The number of halogens is 1. The normalized spacial score (nSPS) is 10.3. The summed E-state index contributed by atoms with van der Waals surface area (Å²) >= 11 is 0. The fraction of sp³-hybridized carbons (Fsp3) is 0.417. The van der Waals surface area contributed by atoms with Crippen molar-refractivity contribution >= 4 is 11.6 Å². The molecule has 0 heterocycles. The Hall–Kier alpha value is -2.02. The molecule has 7 heteroatoms. The van der Waals surface area contributed by atoms with E-state index in [1.165, 1.54) is 4.90 Å². The first kappa shape index (κ1) is 15.0. The second-order valence-corrected chi connectivity index (χ2v) is 4.25. The van der Waals surface area contributed by atoms with Crippen molar-refractivity contribution in [3.05, 3.63) is 39.7 Å². The van der Waals surface area contributed by atoms with Crippen LogP contribution < -0.4 is 5.32 Å². The summed E-state index contributed by atoms with van der Waals surface area (Å²) < 4.78 is 13.0. The zero-order chi connectivity index (χ0) is 14.4. The molecule has 19 heavy (non-hydrogen) atoms. The van der Waals surface area contributed by atoms with Gasteiger partial charge in [-0.3, -0.25) is 14.9 Å². The lowest BCUT2D eigenvalue weighted by molar-refractivity contribution is -0.385. The Morgan fingerprint density at radius 2 is 2.16 bits per heavy atom. The zero-order valence-corrected chi connectivity index (χ0v) is 10.9. The van der Waals surface area contributed by atoms with Gasteiger partial charge in [0.05, 0.1) is 4.92 Å². The molecule has 0 unspecified atom stereocenters. The van der Waals surface area contributed by atoms with Crippen LogP contribution in [0.25, 0.3) is 0 Å². The Kier molecular flexibility index (Phi) is 5.37. The molecule has 0 aliphatic rings. The minimum atomic E-state index is -0.554. The molecule has 1 N–H and O–H groups in total. The SMILES string of the molecule is CN(C)C(=O)CCNCc1cc(F)ccc1[N+](=O)[O-]. The molecule has 0 spiro atoms. The van der Waals surface area contributed by atoms with Crippen molar-refractivity contribution in [3.63, 3.8) is 0 Å². The average Bonchev–Trinajstić information content (AvgIpc) is 2.33. The van der Waals surface area contributed by atoms with Crippen molar-refractivity contribution < 1.29 is 14.1 Å². The molecule has 0 atom stereocenters. The van der Waals surface area contributed by atoms with Gasteiger partial charge in [0.2, 0.25) is 5.91 Å². The van der Waals surface area contributed by atoms with Gasteiger partial charge in [-0.2, -0.15) is 0 Å². The number of nitrogens with zero attached hydrogens (tertiary/aromatic N) is 2. The second kappa shape index (κ2) is 6.79. The Bertz CT molecular complexity index is 477. The molecular formula is C12H16FN3O3. The third-order valence-corrected chi connectivity index (χ3v) is 2.57. The molecule has 0 aromatic heterocycles. The van der Waals surface area contributed by atoms with Gasteiger partial charge in [0.1, 0.15) is 5.82 Å². The number of hydrogen-bond donors (Lipinski definition) is 1. The van der Waals surface area contributed by atoms with E-state index in [1.807, 2.05) is 0 Å². The van der Waals surface area contributed by atoms with Gasteiger partial charge < -0.3 is 10.2 Å². The van der Waals surface area contributed by atoms with Crippen LogP contribution in [-0.2, 0) is 11.3 Å². The number of nitro groups is 1. The van der Waals surface area contributed by atoms with Gasteiger partial charge in [0.25, 0.3) is 5.69 Å². The molecule has 1 aromatic rings. The van der Waals surface area contributed by atoms with Gasteiger partial charge in [-0.25, -0.2) is 4.39 Å². The number of nitro benzene ring substituents is 1. The lowest BCUT2D eigenvalue weighted by Gasteiger charge is -2.10. The van der Waals surface area contributed by atoms with Crippen molar-refractivity contribution in [2.75, 3.05) is 20.6 Å². The molecule has 6 nitrogen and oxygen atoms in total. The summed E-state index contributed by atoms with van der Waals surface area (Å²) in [4.78, 5) is 23.0. The Labute approximate surface area is 110 Å². The molecule has 0 aliphatic carbocycles. The van der Waals surface area contributed by atoms with Crippen LogP contribution in [0.2, 0.25) is 0 Å². The summed E-state index contributed by atoms with van der Waals surface area (Å²) in [6.07, 6.45) is 0.288. The van der Waals surface area contributed by atoms with Gasteiger partial charge in [0.15, 0.2) is 0 Å². The fourth-order valence-electron chi connectivity index (χ4n) is 1.52. The molecule has 1 rings (SSSR count). The van der Waals surface area contributed by atoms with Crippen molar-refractivity contribution in [2.45, 2.75) is 13.0 Å². The third-order valence-electron chi connectivity index (χ3n) is 2.57. The maximum Gasteiger partial charge on any atom is 0.274 e. The van der Waals surface area contributed by atoms with E-state index >= 15 is 0 Å². The Balaban J connectivity index is 2.55. The van der Waals surface area contributed by atoms with E-state index < -0.39 is 10.7 Å². The highest BCUT2D eigenvalue weighted by atomic mass is 19.1. The standard InChI is InChI=1S/C12H16FN3O3/c1-15(2)12(17)5-6-14-8-9-7-10(13)3-4-11(9)16(18)19/h3-4,7,14H,5-6,8H2,1-2H3. The molecule has 0 bridgehead atoms. The van der Waals surface area contributed by atoms with Crippen LogP contribution in [-0.4, -0.2) is 36.4 Å². The van der Waals surface area contributed by atoms with Crippen LogP contribution in [0.5, 0.6) is 0 Å². The number of nitrogens with one attached hydrogen (secondary N) is 1. The summed E-state index contributed by atoms with van der Waals surface area (Å²) in [5.74, 6) is -0.562. The second-order valence-electron chi connectivity index (χ2n) is 4.25. The molecule has 0 fully saturated rings. The largest absolute Gasteiger partial charge is 0.349 e. The molecule has 0 saturated carbocycles. The van der Waals surface area contributed by atoms with Gasteiger partial charge in [0, 0.05) is 45.2 Å². The summed E-state index contributed by atoms with van der Waals surface area (Å²) in [6, 6.07) is 3.31.